The number of hydrogen-bond acceptors (Lipinski definition) is 5. The Bertz CT molecular complexity index is 1040. The van der Waals surface area contributed by atoms with Gasteiger partial charge in [-0.15, -0.1) is 0 Å². The normalized spacial score (nSPS) is 11.1. The molecule has 2 aromatic carbocycles. The zero-order valence-electron chi connectivity index (χ0n) is 11.7. The molecular formula is C15H10N4O3S. The van der Waals surface area contributed by atoms with Gasteiger partial charge in [0.05, 0.1) is 22.0 Å². The second-order valence-corrected chi connectivity index (χ2v) is 5.07. The lowest BCUT2D eigenvalue weighted by atomic mass is 10.2. The first-order valence-corrected chi connectivity index (χ1v) is 7.00. The molecule has 1 N–H and O–H groups in total. The van der Waals surface area contributed by atoms with Gasteiger partial charge in [-0.3, -0.25) is 14.9 Å². The number of nitrogens with zero attached hydrogens (tertiary/aromatic N) is 3. The van der Waals surface area contributed by atoms with Gasteiger partial charge in [-0.05, 0) is 42.0 Å². The quantitative estimate of drug-likeness (QED) is 0.346. The van der Waals surface area contributed by atoms with E-state index in [0.717, 1.165) is 4.68 Å². The number of para-hydroxylation sites is 1. The van der Waals surface area contributed by atoms with E-state index in [2.05, 4.69) is 10.1 Å². The summed E-state index contributed by atoms with van der Waals surface area (Å²) in [7, 11) is 0. The van der Waals surface area contributed by atoms with Crippen LogP contribution in [0.3, 0.4) is 0 Å². The van der Waals surface area contributed by atoms with E-state index in [1.54, 1.807) is 36.4 Å². The van der Waals surface area contributed by atoms with Crippen LogP contribution < -0.4 is 5.56 Å². The lowest BCUT2D eigenvalue weighted by Gasteiger charge is -2.02. The standard InChI is InChI=1S/C15H10N4O3S/c20-14-12-3-1-2-4-13(12)17-15(23)18(14)16-9-10-5-7-11(8-6-10)19(21)22/h1-9H,(H,17,23)/b16-9+. The highest BCUT2D eigenvalue weighted by atomic mass is 32.1. The zero-order valence-corrected chi connectivity index (χ0v) is 12.5. The molecule has 0 aliphatic heterocycles. The summed E-state index contributed by atoms with van der Waals surface area (Å²) in [5, 5.41) is 15.2. The van der Waals surface area contributed by atoms with Gasteiger partial charge in [0.25, 0.3) is 11.2 Å². The van der Waals surface area contributed by atoms with Crippen molar-refractivity contribution in [3.05, 3.63) is 79.3 Å². The van der Waals surface area contributed by atoms with Gasteiger partial charge < -0.3 is 4.98 Å². The maximum Gasteiger partial charge on any atom is 0.282 e. The van der Waals surface area contributed by atoms with Crippen molar-refractivity contribution in [2.75, 3.05) is 0 Å². The highest BCUT2D eigenvalue weighted by molar-refractivity contribution is 7.71. The lowest BCUT2D eigenvalue weighted by molar-refractivity contribution is -0.384. The third-order valence-electron chi connectivity index (χ3n) is 3.21. The maximum atomic E-state index is 12.4. The number of non-ortho nitro benzene ring substituents is 1. The van der Waals surface area contributed by atoms with Gasteiger partial charge in [-0.25, -0.2) is 0 Å². The van der Waals surface area contributed by atoms with Gasteiger partial charge in [0.1, 0.15) is 0 Å². The van der Waals surface area contributed by atoms with Crippen molar-refractivity contribution in [2.45, 2.75) is 0 Å². The molecule has 0 spiro atoms. The van der Waals surface area contributed by atoms with E-state index in [4.69, 9.17) is 12.2 Å². The predicted molar refractivity (Wildman–Crippen MR) is 89.5 cm³/mol. The minimum Gasteiger partial charge on any atom is -0.330 e. The van der Waals surface area contributed by atoms with Crippen LogP contribution in [0.4, 0.5) is 5.69 Å². The first-order valence-electron chi connectivity index (χ1n) is 6.59. The number of rotatable bonds is 3. The summed E-state index contributed by atoms with van der Waals surface area (Å²) in [6.45, 7) is 0. The van der Waals surface area contributed by atoms with E-state index >= 15 is 0 Å². The van der Waals surface area contributed by atoms with Crippen molar-refractivity contribution in [3.8, 4) is 0 Å². The van der Waals surface area contributed by atoms with Crippen molar-refractivity contribution < 1.29 is 4.92 Å². The summed E-state index contributed by atoms with van der Waals surface area (Å²) in [4.78, 5) is 25.5. The lowest BCUT2D eigenvalue weighted by Crippen LogP contribution is -2.18. The molecule has 0 unspecified atom stereocenters. The predicted octanol–water partition coefficient (Wildman–Crippen LogP) is 2.85. The van der Waals surface area contributed by atoms with E-state index < -0.39 is 4.92 Å². The van der Waals surface area contributed by atoms with E-state index in [1.165, 1.54) is 18.3 Å². The number of nitrogens with one attached hydrogen (secondary N) is 1. The van der Waals surface area contributed by atoms with Crippen molar-refractivity contribution in [1.29, 1.82) is 0 Å². The van der Waals surface area contributed by atoms with Gasteiger partial charge >= 0.3 is 0 Å². The fourth-order valence-electron chi connectivity index (χ4n) is 2.06. The topological polar surface area (TPSA) is 93.3 Å². The summed E-state index contributed by atoms with van der Waals surface area (Å²) in [5.41, 5.74) is 0.916. The second-order valence-electron chi connectivity index (χ2n) is 4.69. The second kappa shape index (κ2) is 5.93. The van der Waals surface area contributed by atoms with Crippen molar-refractivity contribution >= 4 is 35.0 Å². The molecule has 0 radical (unpaired) electrons. The number of aromatic amines is 1. The van der Waals surface area contributed by atoms with Crippen LogP contribution in [-0.2, 0) is 0 Å². The minimum absolute atomic E-state index is 0.0117. The largest absolute Gasteiger partial charge is 0.330 e. The molecule has 3 rings (SSSR count). The Hall–Kier alpha value is -3.13. The number of fused-ring (bicyclic) bond motifs is 1. The molecule has 1 heterocycles. The average molecular weight is 326 g/mol. The summed E-state index contributed by atoms with van der Waals surface area (Å²) in [6, 6.07) is 12.8. The average Bonchev–Trinajstić information content (AvgIpc) is 2.55. The Morgan fingerprint density at radius 1 is 1.17 bits per heavy atom. The third-order valence-corrected chi connectivity index (χ3v) is 3.48. The van der Waals surface area contributed by atoms with Crippen LogP contribution in [0.2, 0.25) is 0 Å². The van der Waals surface area contributed by atoms with Crippen LogP contribution in [0, 0.1) is 14.9 Å². The minimum atomic E-state index is -0.481. The Morgan fingerprint density at radius 3 is 2.57 bits per heavy atom. The number of nitro groups is 1. The SMILES string of the molecule is O=c1c2ccccc2[nH]c(=S)n1/N=C/c1ccc([N+](=O)[O-])cc1. The molecule has 0 fully saturated rings. The molecule has 0 aliphatic carbocycles. The van der Waals surface area contributed by atoms with Crippen LogP contribution in [0.1, 0.15) is 5.56 Å². The highest BCUT2D eigenvalue weighted by Crippen LogP contribution is 2.11. The summed E-state index contributed by atoms with van der Waals surface area (Å²) >= 11 is 5.14. The number of aromatic nitrogens is 2. The molecule has 3 aromatic rings. The molecule has 8 heteroatoms. The fourth-order valence-corrected chi connectivity index (χ4v) is 2.30. The van der Waals surface area contributed by atoms with Crippen LogP contribution in [0.25, 0.3) is 10.9 Å². The Labute approximate surface area is 134 Å². The molecule has 114 valence electrons. The molecule has 0 amide bonds. The number of benzene rings is 2. The Morgan fingerprint density at radius 2 is 1.87 bits per heavy atom. The first kappa shape index (κ1) is 14.8. The molecule has 1 aromatic heterocycles. The Balaban J connectivity index is 2.02. The number of nitro benzene ring substituents is 1. The molecule has 0 saturated heterocycles. The van der Waals surface area contributed by atoms with Crippen molar-refractivity contribution in [1.82, 2.24) is 9.66 Å². The van der Waals surface area contributed by atoms with Gasteiger partial charge in [0.2, 0.25) is 4.77 Å². The summed E-state index contributed by atoms with van der Waals surface area (Å²) in [5.74, 6) is 0. The van der Waals surface area contributed by atoms with Crippen LogP contribution >= 0.6 is 12.2 Å². The van der Waals surface area contributed by atoms with Crippen molar-refractivity contribution in [2.24, 2.45) is 5.10 Å². The van der Waals surface area contributed by atoms with Gasteiger partial charge in [0, 0.05) is 12.1 Å². The maximum absolute atomic E-state index is 12.4. The van der Waals surface area contributed by atoms with E-state index in [0.29, 0.717) is 16.5 Å². The molecule has 0 atom stereocenters. The molecule has 0 aliphatic rings. The van der Waals surface area contributed by atoms with Gasteiger partial charge in [0.15, 0.2) is 0 Å². The number of hydrogen-bond donors (Lipinski definition) is 1. The fraction of sp³-hybridized carbons (Fsp3) is 0. The monoisotopic (exact) mass is 326 g/mol. The van der Waals surface area contributed by atoms with E-state index in [9.17, 15) is 14.9 Å². The van der Waals surface area contributed by atoms with E-state index in [1.807, 2.05) is 0 Å². The molecule has 0 bridgehead atoms. The molecule has 23 heavy (non-hydrogen) atoms. The smallest absolute Gasteiger partial charge is 0.282 e. The van der Waals surface area contributed by atoms with Crippen LogP contribution in [-0.4, -0.2) is 20.8 Å². The van der Waals surface area contributed by atoms with Crippen molar-refractivity contribution in [3.63, 3.8) is 0 Å². The highest BCUT2D eigenvalue weighted by Gasteiger charge is 2.05. The number of H-pyrrole nitrogens is 1. The van der Waals surface area contributed by atoms with Crippen LogP contribution in [0.15, 0.2) is 58.4 Å². The zero-order chi connectivity index (χ0) is 16.4. The first-order chi connectivity index (χ1) is 11.1. The summed E-state index contributed by atoms with van der Waals surface area (Å²) in [6.07, 6.45) is 1.42. The summed E-state index contributed by atoms with van der Waals surface area (Å²) < 4.78 is 1.26. The van der Waals surface area contributed by atoms with Gasteiger partial charge in [-0.2, -0.15) is 9.78 Å². The van der Waals surface area contributed by atoms with Crippen LogP contribution in [0.5, 0.6) is 0 Å². The van der Waals surface area contributed by atoms with E-state index in [-0.39, 0.29) is 16.0 Å². The molecule has 0 saturated carbocycles. The molecule has 7 nitrogen and oxygen atoms in total. The Kier molecular flexibility index (Phi) is 3.82. The van der Waals surface area contributed by atoms with Gasteiger partial charge in [-0.1, -0.05) is 12.1 Å². The third kappa shape index (κ3) is 2.92. The molecular weight excluding hydrogens is 316 g/mol.